The van der Waals surface area contributed by atoms with E-state index >= 15 is 0 Å². The summed E-state index contributed by atoms with van der Waals surface area (Å²) in [5.41, 5.74) is 0.234. The fourth-order valence-corrected chi connectivity index (χ4v) is 2.82. The molecule has 7 nitrogen and oxygen atoms in total. The van der Waals surface area contributed by atoms with Gasteiger partial charge in [-0.3, -0.25) is 14.3 Å². The summed E-state index contributed by atoms with van der Waals surface area (Å²) in [7, 11) is 1.54. The number of benzene rings is 1. The molecule has 0 unspecified atom stereocenters. The molecule has 2 atom stereocenters. The third-order valence-electron chi connectivity index (χ3n) is 4.18. The van der Waals surface area contributed by atoms with Crippen LogP contribution in [0.3, 0.4) is 0 Å². The summed E-state index contributed by atoms with van der Waals surface area (Å²) in [6, 6.07) is 6.86. The van der Waals surface area contributed by atoms with Gasteiger partial charge in [0.05, 0.1) is 6.04 Å². The van der Waals surface area contributed by atoms with Crippen molar-refractivity contribution in [2.75, 3.05) is 19.0 Å². The molecule has 1 aliphatic rings. The number of hydrogen-bond donors (Lipinski definition) is 1. The Morgan fingerprint density at radius 1 is 1.40 bits per heavy atom. The van der Waals surface area contributed by atoms with Crippen LogP contribution in [0.4, 0.5) is 10.2 Å². The van der Waals surface area contributed by atoms with Crippen molar-refractivity contribution < 1.29 is 18.7 Å². The van der Waals surface area contributed by atoms with Crippen LogP contribution >= 0.6 is 0 Å². The van der Waals surface area contributed by atoms with E-state index in [1.165, 1.54) is 18.0 Å². The molecule has 2 aromatic rings. The van der Waals surface area contributed by atoms with Gasteiger partial charge >= 0.3 is 0 Å². The molecule has 1 N–H and O–H groups in total. The average molecular weight is 346 g/mol. The highest BCUT2D eigenvalue weighted by atomic mass is 19.1. The van der Waals surface area contributed by atoms with Crippen molar-refractivity contribution in [3.8, 4) is 0 Å². The molecule has 1 aromatic carbocycles. The summed E-state index contributed by atoms with van der Waals surface area (Å²) in [6.45, 7) is 2.37. The molecule has 2 heterocycles. The van der Waals surface area contributed by atoms with Crippen LogP contribution in [0.2, 0.25) is 0 Å². The molecule has 0 bridgehead atoms. The highest BCUT2D eigenvalue weighted by molar-refractivity contribution is 5.95. The lowest BCUT2D eigenvalue weighted by Crippen LogP contribution is -2.51. The van der Waals surface area contributed by atoms with Crippen molar-refractivity contribution in [1.82, 2.24) is 14.7 Å². The lowest BCUT2D eigenvalue weighted by Gasteiger charge is -2.38. The largest absolute Gasteiger partial charge is 0.356 e. The van der Waals surface area contributed by atoms with E-state index in [1.807, 2.05) is 6.92 Å². The van der Waals surface area contributed by atoms with E-state index < -0.39 is 23.9 Å². The number of carbonyl (C=O) groups is 2. The number of aryl methyl sites for hydroxylation is 1. The maximum absolute atomic E-state index is 14.2. The van der Waals surface area contributed by atoms with E-state index in [0.29, 0.717) is 12.4 Å². The molecule has 25 heavy (non-hydrogen) atoms. The van der Waals surface area contributed by atoms with Crippen LogP contribution in [-0.2, 0) is 20.9 Å². The summed E-state index contributed by atoms with van der Waals surface area (Å²) >= 11 is 0. The van der Waals surface area contributed by atoms with E-state index in [4.69, 9.17) is 4.74 Å². The fraction of sp³-hybridized carbons (Fsp3) is 0.353. The normalized spacial score (nSPS) is 20.6. The number of nitrogens with one attached hydrogen (secondary N) is 1. The Morgan fingerprint density at radius 3 is 2.84 bits per heavy atom. The summed E-state index contributed by atoms with van der Waals surface area (Å²) < 4.78 is 21.4. The van der Waals surface area contributed by atoms with Gasteiger partial charge in [-0.1, -0.05) is 18.2 Å². The van der Waals surface area contributed by atoms with Gasteiger partial charge < -0.3 is 15.0 Å². The maximum Gasteiger partial charge on any atom is 0.257 e. The Balaban J connectivity index is 1.87. The Labute approximate surface area is 144 Å². The molecule has 1 saturated heterocycles. The summed E-state index contributed by atoms with van der Waals surface area (Å²) in [4.78, 5) is 26.0. The molecule has 0 radical (unpaired) electrons. The Hall–Kier alpha value is -2.74. The van der Waals surface area contributed by atoms with Gasteiger partial charge in [0.1, 0.15) is 12.4 Å². The molecule has 132 valence electrons. The SMILES string of the molecule is CCn1ccc(NC(=O)[C@H]2OCC(=O)N(C)[C@H]2c2ccccc2F)n1. The van der Waals surface area contributed by atoms with Crippen LogP contribution in [0.15, 0.2) is 36.5 Å². The molecule has 1 aliphatic heterocycles. The minimum atomic E-state index is -1.04. The third kappa shape index (κ3) is 3.39. The van der Waals surface area contributed by atoms with Gasteiger partial charge in [-0.25, -0.2) is 4.39 Å². The second kappa shape index (κ2) is 7.02. The summed E-state index contributed by atoms with van der Waals surface area (Å²) in [6.07, 6.45) is 0.702. The lowest BCUT2D eigenvalue weighted by atomic mass is 9.97. The first-order chi connectivity index (χ1) is 12.0. The van der Waals surface area contributed by atoms with Gasteiger partial charge in [0.15, 0.2) is 11.9 Å². The summed E-state index contributed by atoms with van der Waals surface area (Å²) in [5, 5.41) is 6.85. The van der Waals surface area contributed by atoms with Gasteiger partial charge in [0, 0.05) is 31.4 Å². The predicted molar refractivity (Wildman–Crippen MR) is 88.2 cm³/mol. The number of nitrogens with zero attached hydrogens (tertiary/aromatic N) is 3. The van der Waals surface area contributed by atoms with E-state index in [9.17, 15) is 14.0 Å². The van der Waals surface area contributed by atoms with Crippen molar-refractivity contribution >= 4 is 17.6 Å². The molecule has 0 aliphatic carbocycles. The van der Waals surface area contributed by atoms with Gasteiger partial charge in [-0.2, -0.15) is 5.10 Å². The van der Waals surface area contributed by atoms with Crippen molar-refractivity contribution in [3.05, 3.63) is 47.9 Å². The second-order valence-corrected chi connectivity index (χ2v) is 5.75. The maximum atomic E-state index is 14.2. The number of hydrogen-bond acceptors (Lipinski definition) is 4. The monoisotopic (exact) mass is 346 g/mol. The van der Waals surface area contributed by atoms with E-state index in [-0.39, 0.29) is 18.1 Å². The molecule has 0 spiro atoms. The minimum absolute atomic E-state index is 0.233. The number of halogens is 1. The van der Waals surface area contributed by atoms with E-state index in [2.05, 4.69) is 10.4 Å². The lowest BCUT2D eigenvalue weighted by molar-refractivity contribution is -0.160. The molecule has 1 fully saturated rings. The first kappa shape index (κ1) is 17.1. The molecule has 8 heteroatoms. The van der Waals surface area contributed by atoms with Gasteiger partial charge in [-0.05, 0) is 13.0 Å². The third-order valence-corrected chi connectivity index (χ3v) is 4.18. The van der Waals surface area contributed by atoms with Crippen LogP contribution in [0.1, 0.15) is 18.5 Å². The van der Waals surface area contributed by atoms with Crippen molar-refractivity contribution in [1.29, 1.82) is 0 Å². The zero-order valence-corrected chi connectivity index (χ0v) is 14.0. The van der Waals surface area contributed by atoms with Gasteiger partial charge in [-0.15, -0.1) is 0 Å². The second-order valence-electron chi connectivity index (χ2n) is 5.75. The molecule has 2 amide bonds. The number of anilines is 1. The number of amides is 2. The van der Waals surface area contributed by atoms with Crippen LogP contribution < -0.4 is 5.32 Å². The van der Waals surface area contributed by atoms with Crippen molar-refractivity contribution in [2.24, 2.45) is 0 Å². The quantitative estimate of drug-likeness (QED) is 0.912. The van der Waals surface area contributed by atoms with Crippen molar-refractivity contribution in [3.63, 3.8) is 0 Å². The molecular weight excluding hydrogens is 327 g/mol. The topological polar surface area (TPSA) is 76.5 Å². The predicted octanol–water partition coefficient (Wildman–Crippen LogP) is 1.58. The van der Waals surface area contributed by atoms with Gasteiger partial charge in [0.25, 0.3) is 5.91 Å². The number of likely N-dealkylation sites (N-methyl/N-ethyl adjacent to an activating group) is 1. The van der Waals surface area contributed by atoms with Crippen LogP contribution in [0.25, 0.3) is 0 Å². The van der Waals surface area contributed by atoms with Crippen LogP contribution in [0, 0.1) is 5.82 Å². The number of rotatable bonds is 4. The zero-order chi connectivity index (χ0) is 18.0. The number of aromatic nitrogens is 2. The Morgan fingerprint density at radius 2 is 2.16 bits per heavy atom. The Kier molecular flexibility index (Phi) is 4.80. The van der Waals surface area contributed by atoms with Crippen LogP contribution in [0.5, 0.6) is 0 Å². The molecular formula is C17H19FN4O3. The number of ether oxygens (including phenoxy) is 1. The fourth-order valence-electron chi connectivity index (χ4n) is 2.82. The molecule has 3 rings (SSSR count). The summed E-state index contributed by atoms with van der Waals surface area (Å²) in [5.74, 6) is -0.908. The van der Waals surface area contributed by atoms with E-state index in [1.54, 1.807) is 35.1 Å². The smallest absolute Gasteiger partial charge is 0.257 e. The highest BCUT2D eigenvalue weighted by Crippen LogP contribution is 2.31. The number of carbonyl (C=O) groups excluding carboxylic acids is 2. The molecule has 1 aromatic heterocycles. The van der Waals surface area contributed by atoms with E-state index in [0.717, 1.165) is 0 Å². The minimum Gasteiger partial charge on any atom is -0.356 e. The standard InChI is InChI=1S/C17H19FN4O3/c1-3-22-9-8-13(20-22)19-17(24)16-15(21(2)14(23)10-25-16)11-6-4-5-7-12(11)18/h4-9,15-16H,3,10H2,1-2H3,(H,19,20,24)/t15-,16-/m0/s1. The highest BCUT2D eigenvalue weighted by Gasteiger charge is 2.41. The molecule has 0 saturated carbocycles. The first-order valence-electron chi connectivity index (χ1n) is 7.97. The Bertz CT molecular complexity index is 792. The van der Waals surface area contributed by atoms with Crippen molar-refractivity contribution in [2.45, 2.75) is 25.6 Å². The average Bonchev–Trinajstić information content (AvgIpc) is 3.05. The zero-order valence-electron chi connectivity index (χ0n) is 14.0. The first-order valence-corrected chi connectivity index (χ1v) is 7.97. The van der Waals surface area contributed by atoms with Gasteiger partial charge in [0.2, 0.25) is 5.91 Å². The number of morpholine rings is 1. The van der Waals surface area contributed by atoms with Crippen LogP contribution in [-0.4, -0.2) is 46.3 Å².